The molecule has 142 valence electrons. The summed E-state index contributed by atoms with van der Waals surface area (Å²) in [5.74, 6) is 2.33. The zero-order valence-corrected chi connectivity index (χ0v) is 16.3. The monoisotopic (exact) mass is 382 g/mol. The van der Waals surface area contributed by atoms with Gasteiger partial charge in [-0.15, -0.1) is 0 Å². The number of fused-ring (bicyclic) bond motifs is 3. The van der Waals surface area contributed by atoms with E-state index in [-0.39, 0.29) is 0 Å². The Morgan fingerprint density at radius 2 is 1.67 bits per heavy atom. The molecule has 0 spiro atoms. The Morgan fingerprint density at radius 1 is 0.889 bits per heavy atom. The standard InChI is InChI=1S/C22H26N2O2S/c25-27(26,22-8-7-18-3-1-2-4-19(18)15-22)24-11-9-23(10-12-24)16-21-14-17-5-6-20(21)13-17/h1-8,15,17,20-21H,9-14,16H2/t17-,20-,21-/m1/s1. The van der Waals surface area contributed by atoms with Crippen molar-refractivity contribution >= 4 is 20.8 Å². The van der Waals surface area contributed by atoms with E-state index in [9.17, 15) is 8.42 Å². The number of hydrogen-bond acceptors (Lipinski definition) is 3. The van der Waals surface area contributed by atoms with Gasteiger partial charge in [-0.2, -0.15) is 4.31 Å². The molecule has 0 unspecified atom stereocenters. The lowest BCUT2D eigenvalue weighted by Crippen LogP contribution is -2.49. The van der Waals surface area contributed by atoms with Gasteiger partial charge in [-0.3, -0.25) is 0 Å². The molecule has 4 nitrogen and oxygen atoms in total. The summed E-state index contributed by atoms with van der Waals surface area (Å²) in [4.78, 5) is 2.87. The van der Waals surface area contributed by atoms with Crippen molar-refractivity contribution in [2.24, 2.45) is 17.8 Å². The van der Waals surface area contributed by atoms with Gasteiger partial charge in [-0.05, 0) is 53.5 Å². The number of sulfonamides is 1. The molecule has 1 aliphatic heterocycles. The Balaban J connectivity index is 1.25. The Kier molecular flexibility index (Phi) is 4.34. The molecule has 0 N–H and O–H groups in total. The molecule has 2 aromatic rings. The van der Waals surface area contributed by atoms with Crippen LogP contribution in [-0.2, 0) is 10.0 Å². The second kappa shape index (κ2) is 6.73. The fourth-order valence-corrected chi connectivity index (χ4v) is 6.52. The van der Waals surface area contributed by atoms with Crippen LogP contribution in [0.1, 0.15) is 12.8 Å². The minimum atomic E-state index is -3.42. The van der Waals surface area contributed by atoms with E-state index in [0.717, 1.165) is 48.2 Å². The lowest BCUT2D eigenvalue weighted by atomic mass is 9.93. The van der Waals surface area contributed by atoms with Crippen LogP contribution in [0, 0.1) is 17.8 Å². The van der Waals surface area contributed by atoms with E-state index in [0.29, 0.717) is 18.0 Å². The molecule has 27 heavy (non-hydrogen) atoms. The molecule has 0 aromatic heterocycles. The largest absolute Gasteiger partial charge is 0.300 e. The first-order valence-corrected chi connectivity index (χ1v) is 11.4. The molecule has 2 fully saturated rings. The molecule has 2 aliphatic carbocycles. The first kappa shape index (κ1) is 17.4. The minimum Gasteiger partial charge on any atom is -0.300 e. The molecule has 1 saturated carbocycles. The van der Waals surface area contributed by atoms with Gasteiger partial charge in [-0.25, -0.2) is 8.42 Å². The van der Waals surface area contributed by atoms with Crippen molar-refractivity contribution in [2.75, 3.05) is 32.7 Å². The normalized spacial score (nSPS) is 29.0. The summed E-state index contributed by atoms with van der Waals surface area (Å²) >= 11 is 0. The van der Waals surface area contributed by atoms with E-state index in [4.69, 9.17) is 0 Å². The van der Waals surface area contributed by atoms with E-state index in [1.54, 1.807) is 16.4 Å². The summed E-state index contributed by atoms with van der Waals surface area (Å²) in [5.41, 5.74) is 0. The molecule has 1 heterocycles. The van der Waals surface area contributed by atoms with Crippen molar-refractivity contribution < 1.29 is 8.42 Å². The lowest BCUT2D eigenvalue weighted by Gasteiger charge is -2.36. The van der Waals surface area contributed by atoms with Crippen LogP contribution in [0.2, 0.25) is 0 Å². The molecule has 0 radical (unpaired) electrons. The molecular weight excluding hydrogens is 356 g/mol. The topological polar surface area (TPSA) is 40.6 Å². The SMILES string of the molecule is O=S(=O)(c1ccc2ccccc2c1)N1CCN(C[C@H]2C[C@@H]3C=C[C@@H]2C3)CC1. The number of allylic oxidation sites excluding steroid dienone is 2. The Bertz CT molecular complexity index is 977. The molecule has 5 heteroatoms. The highest BCUT2D eigenvalue weighted by Gasteiger charge is 2.37. The van der Waals surface area contributed by atoms with Gasteiger partial charge in [0.05, 0.1) is 4.90 Å². The van der Waals surface area contributed by atoms with Crippen LogP contribution >= 0.6 is 0 Å². The Hall–Kier alpha value is -1.69. The molecule has 3 atom stereocenters. The van der Waals surface area contributed by atoms with Gasteiger partial charge in [0.2, 0.25) is 10.0 Å². The van der Waals surface area contributed by atoms with Crippen LogP contribution in [0.4, 0.5) is 0 Å². The zero-order chi connectivity index (χ0) is 18.4. The van der Waals surface area contributed by atoms with Crippen LogP contribution in [0.5, 0.6) is 0 Å². The molecule has 5 rings (SSSR count). The third-order valence-corrected chi connectivity index (χ3v) is 8.49. The van der Waals surface area contributed by atoms with E-state index in [1.807, 2.05) is 30.3 Å². The second-order valence-corrected chi connectivity index (χ2v) is 10.2. The van der Waals surface area contributed by atoms with Crippen molar-refractivity contribution in [3.8, 4) is 0 Å². The third kappa shape index (κ3) is 3.22. The molecular formula is C22H26N2O2S. The van der Waals surface area contributed by atoms with E-state index >= 15 is 0 Å². The van der Waals surface area contributed by atoms with Crippen molar-refractivity contribution in [1.29, 1.82) is 0 Å². The minimum absolute atomic E-state index is 0.410. The van der Waals surface area contributed by atoms with Crippen LogP contribution < -0.4 is 0 Å². The van der Waals surface area contributed by atoms with Gasteiger partial charge in [0, 0.05) is 32.7 Å². The highest BCUT2D eigenvalue weighted by Crippen LogP contribution is 2.43. The fourth-order valence-electron chi connectivity index (χ4n) is 5.07. The van der Waals surface area contributed by atoms with E-state index < -0.39 is 10.0 Å². The average Bonchev–Trinajstić information content (AvgIpc) is 3.31. The van der Waals surface area contributed by atoms with Crippen molar-refractivity contribution in [3.05, 3.63) is 54.6 Å². The summed E-state index contributed by atoms with van der Waals surface area (Å²) in [7, 11) is -3.42. The number of rotatable bonds is 4. The predicted octanol–water partition coefficient (Wildman–Crippen LogP) is 3.36. The summed E-state index contributed by atoms with van der Waals surface area (Å²) in [5, 5.41) is 2.04. The maximum atomic E-state index is 13.1. The summed E-state index contributed by atoms with van der Waals surface area (Å²) in [6.07, 6.45) is 7.44. The molecule has 3 aliphatic rings. The zero-order valence-electron chi connectivity index (χ0n) is 15.5. The quantitative estimate of drug-likeness (QED) is 0.762. The maximum Gasteiger partial charge on any atom is 0.243 e. The van der Waals surface area contributed by atoms with Crippen LogP contribution in [0.3, 0.4) is 0 Å². The van der Waals surface area contributed by atoms with E-state index in [2.05, 4.69) is 17.1 Å². The maximum absolute atomic E-state index is 13.1. The summed E-state index contributed by atoms with van der Waals surface area (Å²) in [6, 6.07) is 13.3. The molecule has 2 aromatic carbocycles. The average molecular weight is 383 g/mol. The number of nitrogens with zero attached hydrogens (tertiary/aromatic N) is 2. The highest BCUT2D eigenvalue weighted by molar-refractivity contribution is 7.89. The summed E-state index contributed by atoms with van der Waals surface area (Å²) < 4.78 is 27.8. The van der Waals surface area contributed by atoms with Crippen LogP contribution in [-0.4, -0.2) is 50.3 Å². The highest BCUT2D eigenvalue weighted by atomic mass is 32.2. The van der Waals surface area contributed by atoms with Crippen LogP contribution in [0.15, 0.2) is 59.5 Å². The van der Waals surface area contributed by atoms with Gasteiger partial charge in [0.25, 0.3) is 0 Å². The lowest BCUT2D eigenvalue weighted by molar-refractivity contribution is 0.156. The van der Waals surface area contributed by atoms with Gasteiger partial charge >= 0.3 is 0 Å². The smallest absolute Gasteiger partial charge is 0.243 e. The summed E-state index contributed by atoms with van der Waals surface area (Å²) in [6.45, 7) is 3.97. The third-order valence-electron chi connectivity index (χ3n) is 6.60. The first-order valence-electron chi connectivity index (χ1n) is 9.99. The van der Waals surface area contributed by atoms with Gasteiger partial charge in [-0.1, -0.05) is 42.5 Å². The molecule has 0 amide bonds. The second-order valence-electron chi connectivity index (χ2n) is 8.25. The Morgan fingerprint density at radius 3 is 2.37 bits per heavy atom. The fraction of sp³-hybridized carbons (Fsp3) is 0.455. The Labute approximate surface area is 161 Å². The predicted molar refractivity (Wildman–Crippen MR) is 108 cm³/mol. The molecule has 2 bridgehead atoms. The first-order chi connectivity index (χ1) is 13.1. The van der Waals surface area contributed by atoms with Gasteiger partial charge < -0.3 is 4.90 Å². The van der Waals surface area contributed by atoms with Gasteiger partial charge in [0.15, 0.2) is 0 Å². The van der Waals surface area contributed by atoms with Crippen LogP contribution in [0.25, 0.3) is 10.8 Å². The van der Waals surface area contributed by atoms with Crippen molar-refractivity contribution in [3.63, 3.8) is 0 Å². The van der Waals surface area contributed by atoms with Crippen molar-refractivity contribution in [1.82, 2.24) is 9.21 Å². The number of hydrogen-bond donors (Lipinski definition) is 0. The number of benzene rings is 2. The number of piperazine rings is 1. The van der Waals surface area contributed by atoms with Crippen molar-refractivity contribution in [2.45, 2.75) is 17.7 Å². The van der Waals surface area contributed by atoms with E-state index in [1.165, 1.54) is 12.8 Å². The molecule has 1 saturated heterocycles. The van der Waals surface area contributed by atoms with Gasteiger partial charge in [0.1, 0.15) is 0 Å².